The zero-order chi connectivity index (χ0) is 15.8. The van der Waals surface area contributed by atoms with Crippen molar-refractivity contribution in [3.05, 3.63) is 70.5 Å². The molecule has 0 saturated heterocycles. The van der Waals surface area contributed by atoms with Crippen LogP contribution < -0.4 is 11.2 Å². The maximum absolute atomic E-state index is 12.7. The van der Waals surface area contributed by atoms with Crippen LogP contribution in [0.2, 0.25) is 5.02 Å². The van der Waals surface area contributed by atoms with E-state index in [4.69, 9.17) is 17.3 Å². The number of nitrogens with zero attached hydrogens (tertiary/aromatic N) is 3. The summed E-state index contributed by atoms with van der Waals surface area (Å²) < 4.78 is 12.7. The number of halogens is 2. The highest BCUT2D eigenvalue weighted by molar-refractivity contribution is 6.30. The molecule has 0 aliphatic carbocycles. The minimum Gasteiger partial charge on any atom is -0.367 e. The fourth-order valence-corrected chi connectivity index (χ4v) is 1.58. The second-order valence-electron chi connectivity index (χ2n) is 4.20. The second-order valence-corrected chi connectivity index (χ2v) is 4.64. The lowest BCUT2D eigenvalue weighted by Gasteiger charge is -1.96. The zero-order valence-corrected chi connectivity index (χ0v) is 12.2. The minimum atomic E-state index is -0.307. The Morgan fingerprint density at radius 2 is 1.59 bits per heavy atom. The Morgan fingerprint density at radius 3 is 2.27 bits per heavy atom. The number of benzene rings is 2. The average molecular weight is 318 g/mol. The molecule has 2 rings (SSSR count). The molecule has 3 N–H and O–H groups in total. The third-order valence-electron chi connectivity index (χ3n) is 2.51. The molecule has 2 aromatic carbocycles. The molecule has 0 saturated carbocycles. The molecule has 2 aromatic rings. The first-order valence-corrected chi connectivity index (χ1v) is 6.68. The first-order valence-electron chi connectivity index (χ1n) is 6.30. The monoisotopic (exact) mass is 317 g/mol. The predicted octanol–water partition coefficient (Wildman–Crippen LogP) is 2.75. The molecular weight excluding hydrogens is 305 g/mol. The second kappa shape index (κ2) is 7.90. The van der Waals surface area contributed by atoms with Crippen molar-refractivity contribution in [1.29, 1.82) is 0 Å². The predicted molar refractivity (Wildman–Crippen MR) is 87.8 cm³/mol. The summed E-state index contributed by atoms with van der Waals surface area (Å²) in [6.07, 6.45) is 3.03. The fourth-order valence-electron chi connectivity index (χ4n) is 1.45. The van der Waals surface area contributed by atoms with Gasteiger partial charge in [0, 0.05) is 5.02 Å². The van der Waals surface area contributed by atoms with E-state index in [1.54, 1.807) is 30.5 Å². The smallest absolute Gasteiger partial charge is 0.234 e. The summed E-state index contributed by atoms with van der Waals surface area (Å²) in [4.78, 5) is 0. The molecule has 7 heteroatoms. The third kappa shape index (κ3) is 5.34. The van der Waals surface area contributed by atoms with Crippen LogP contribution in [-0.2, 0) is 0 Å². The highest BCUT2D eigenvalue weighted by atomic mass is 35.5. The zero-order valence-electron chi connectivity index (χ0n) is 11.4. The lowest BCUT2D eigenvalue weighted by molar-refractivity contribution is 0.628. The summed E-state index contributed by atoms with van der Waals surface area (Å²) in [6, 6.07) is 13.0. The van der Waals surface area contributed by atoms with Gasteiger partial charge in [-0.05, 0) is 35.4 Å². The SMILES string of the molecule is NC(=N/N=C/c1ccc(F)cc1)N/N=C/c1ccc(Cl)cc1. The molecule has 112 valence electrons. The van der Waals surface area contributed by atoms with E-state index < -0.39 is 0 Å². The molecule has 0 aliphatic heterocycles. The number of guanidine groups is 1. The molecular formula is C15H13ClFN5. The maximum Gasteiger partial charge on any atom is 0.234 e. The van der Waals surface area contributed by atoms with E-state index in [9.17, 15) is 4.39 Å². The Bertz CT molecular complexity index is 693. The Kier molecular flexibility index (Phi) is 5.62. The van der Waals surface area contributed by atoms with E-state index in [1.165, 1.54) is 18.3 Å². The van der Waals surface area contributed by atoms with Crippen LogP contribution >= 0.6 is 11.6 Å². The van der Waals surface area contributed by atoms with Crippen molar-refractivity contribution in [2.75, 3.05) is 0 Å². The van der Waals surface area contributed by atoms with Crippen LogP contribution in [0.1, 0.15) is 11.1 Å². The van der Waals surface area contributed by atoms with Crippen LogP contribution in [0.15, 0.2) is 63.8 Å². The molecule has 0 radical (unpaired) electrons. The first kappa shape index (κ1) is 15.7. The van der Waals surface area contributed by atoms with Crippen LogP contribution in [-0.4, -0.2) is 18.4 Å². The van der Waals surface area contributed by atoms with Gasteiger partial charge in [-0.3, -0.25) is 0 Å². The lowest BCUT2D eigenvalue weighted by atomic mass is 10.2. The van der Waals surface area contributed by atoms with E-state index in [2.05, 4.69) is 20.7 Å². The van der Waals surface area contributed by atoms with Crippen molar-refractivity contribution < 1.29 is 4.39 Å². The molecule has 0 fully saturated rings. The van der Waals surface area contributed by atoms with Crippen molar-refractivity contribution >= 4 is 30.0 Å². The normalized spacial score (nSPS) is 12.2. The Balaban J connectivity index is 1.87. The Labute approximate surface area is 132 Å². The summed E-state index contributed by atoms with van der Waals surface area (Å²) >= 11 is 5.78. The third-order valence-corrected chi connectivity index (χ3v) is 2.76. The van der Waals surface area contributed by atoms with Gasteiger partial charge in [-0.2, -0.15) is 10.2 Å². The van der Waals surface area contributed by atoms with Gasteiger partial charge in [-0.25, -0.2) is 9.82 Å². The maximum atomic E-state index is 12.7. The van der Waals surface area contributed by atoms with Gasteiger partial charge in [0.1, 0.15) is 5.82 Å². The van der Waals surface area contributed by atoms with Crippen molar-refractivity contribution in [2.45, 2.75) is 0 Å². The molecule has 0 heterocycles. The standard InChI is InChI=1S/C15H13ClFN5/c16-13-5-1-11(2-6-13)9-19-21-15(18)22-20-10-12-3-7-14(17)8-4-12/h1-10H,(H3,18,21,22)/b19-9+,20-10+. The summed E-state index contributed by atoms with van der Waals surface area (Å²) in [5.74, 6) is -0.276. The molecule has 0 spiro atoms. The van der Waals surface area contributed by atoms with Crippen molar-refractivity contribution in [3.63, 3.8) is 0 Å². The number of hydrazone groups is 1. The van der Waals surface area contributed by atoms with Crippen LogP contribution in [0.25, 0.3) is 0 Å². The fraction of sp³-hybridized carbons (Fsp3) is 0. The van der Waals surface area contributed by atoms with Gasteiger partial charge in [-0.15, -0.1) is 5.10 Å². The number of hydrogen-bond acceptors (Lipinski definition) is 3. The first-order chi connectivity index (χ1) is 10.6. The van der Waals surface area contributed by atoms with Crippen molar-refractivity contribution in [3.8, 4) is 0 Å². The number of nitrogens with one attached hydrogen (secondary N) is 1. The van der Waals surface area contributed by atoms with Gasteiger partial charge in [0.15, 0.2) is 0 Å². The minimum absolute atomic E-state index is 0.0311. The largest absolute Gasteiger partial charge is 0.367 e. The van der Waals surface area contributed by atoms with Crippen LogP contribution in [0.5, 0.6) is 0 Å². The summed E-state index contributed by atoms with van der Waals surface area (Å²) in [5.41, 5.74) is 9.68. The number of nitrogens with two attached hydrogens (primary N) is 1. The number of rotatable bonds is 4. The van der Waals surface area contributed by atoms with Gasteiger partial charge >= 0.3 is 0 Å². The summed E-state index contributed by atoms with van der Waals surface area (Å²) in [5, 5.41) is 12.0. The molecule has 0 unspecified atom stereocenters. The summed E-state index contributed by atoms with van der Waals surface area (Å²) in [6.45, 7) is 0. The lowest BCUT2D eigenvalue weighted by Crippen LogP contribution is -2.26. The molecule has 5 nitrogen and oxygen atoms in total. The van der Waals surface area contributed by atoms with Gasteiger partial charge in [0.25, 0.3) is 0 Å². The van der Waals surface area contributed by atoms with Crippen molar-refractivity contribution in [1.82, 2.24) is 5.43 Å². The van der Waals surface area contributed by atoms with Crippen LogP contribution in [0.3, 0.4) is 0 Å². The van der Waals surface area contributed by atoms with Crippen LogP contribution in [0, 0.1) is 5.82 Å². The quantitative estimate of drug-likeness (QED) is 0.517. The van der Waals surface area contributed by atoms with E-state index >= 15 is 0 Å². The highest BCUT2D eigenvalue weighted by Gasteiger charge is 1.91. The van der Waals surface area contributed by atoms with Gasteiger partial charge in [0.2, 0.25) is 5.96 Å². The Hall–Kier alpha value is -2.73. The van der Waals surface area contributed by atoms with Crippen LogP contribution in [0.4, 0.5) is 4.39 Å². The molecule has 22 heavy (non-hydrogen) atoms. The van der Waals surface area contributed by atoms with E-state index in [0.717, 1.165) is 5.56 Å². The van der Waals surface area contributed by atoms with Crippen molar-refractivity contribution in [2.24, 2.45) is 21.0 Å². The number of hydrogen-bond donors (Lipinski definition) is 2. The molecule has 0 aromatic heterocycles. The highest BCUT2D eigenvalue weighted by Crippen LogP contribution is 2.07. The van der Waals surface area contributed by atoms with Gasteiger partial charge in [-0.1, -0.05) is 35.9 Å². The molecule has 0 atom stereocenters. The average Bonchev–Trinajstić information content (AvgIpc) is 2.51. The van der Waals surface area contributed by atoms with E-state index in [0.29, 0.717) is 10.6 Å². The topological polar surface area (TPSA) is 75.1 Å². The molecule has 0 bridgehead atoms. The molecule has 0 aliphatic rings. The van der Waals surface area contributed by atoms with E-state index in [-0.39, 0.29) is 11.8 Å². The van der Waals surface area contributed by atoms with Gasteiger partial charge < -0.3 is 5.73 Å². The summed E-state index contributed by atoms with van der Waals surface area (Å²) in [7, 11) is 0. The molecule has 0 amide bonds. The van der Waals surface area contributed by atoms with Gasteiger partial charge in [0.05, 0.1) is 12.4 Å². The Morgan fingerprint density at radius 1 is 1.00 bits per heavy atom. The van der Waals surface area contributed by atoms with E-state index in [1.807, 2.05) is 12.1 Å².